The number of unbranched alkanes of at least 4 members (excludes halogenated alkanes) is 2. The highest BCUT2D eigenvalue weighted by Gasteiger charge is 2.32. The molecule has 5 rings (SSSR count). The number of aliphatic hydroxyl groups is 1. The Labute approximate surface area is 277 Å². The van der Waals surface area contributed by atoms with Crippen molar-refractivity contribution in [3.8, 4) is 0 Å². The first-order valence-corrected chi connectivity index (χ1v) is 17.1. The van der Waals surface area contributed by atoms with E-state index in [1.54, 1.807) is 35.2 Å². The maximum absolute atomic E-state index is 12.6. The van der Waals surface area contributed by atoms with Crippen LogP contribution in [0.15, 0.2) is 77.1 Å². The van der Waals surface area contributed by atoms with Crippen molar-refractivity contribution in [3.63, 3.8) is 0 Å². The monoisotopic (exact) mass is 661 g/mol. The van der Waals surface area contributed by atoms with E-state index in [9.17, 15) is 14.7 Å². The van der Waals surface area contributed by atoms with Crippen LogP contribution in [-0.4, -0.2) is 39.0 Å². The van der Waals surface area contributed by atoms with Gasteiger partial charge in [-0.25, -0.2) is 0 Å². The number of aliphatic hydroxyl groups excluding tert-OH is 1. The highest BCUT2D eigenvalue weighted by molar-refractivity contribution is 8.01. The van der Waals surface area contributed by atoms with Gasteiger partial charge < -0.3 is 30.9 Å². The second kappa shape index (κ2) is 16.7. The number of hydrogen-bond acceptors (Lipinski definition) is 10. The highest BCUT2D eigenvalue weighted by Crippen LogP contribution is 2.40. The predicted octanol–water partition coefficient (Wildman–Crippen LogP) is 6.79. The largest absolute Gasteiger partial charge is 0.397 e. The van der Waals surface area contributed by atoms with Crippen molar-refractivity contribution >= 4 is 52.0 Å². The number of nitrogen functional groups attached to an aromatic ring is 1. The molecule has 0 aliphatic carbocycles. The number of hydrogen-bond donors (Lipinski definition) is 4. The van der Waals surface area contributed by atoms with E-state index < -0.39 is 6.29 Å². The average Bonchev–Trinajstić information content (AvgIpc) is 3.49. The number of aryl methyl sites for hydroxylation is 1. The number of para-hydroxylation sites is 2. The van der Waals surface area contributed by atoms with Crippen molar-refractivity contribution in [2.45, 2.75) is 74.9 Å². The maximum atomic E-state index is 12.6. The minimum absolute atomic E-state index is 0.00880. The number of nitrogens with one attached hydrogen (secondary N) is 2. The first kappa shape index (κ1) is 33.6. The molecule has 0 saturated carbocycles. The van der Waals surface area contributed by atoms with Gasteiger partial charge in [-0.1, -0.05) is 78.1 Å². The number of anilines is 3. The van der Waals surface area contributed by atoms with Crippen LogP contribution in [0.1, 0.15) is 72.6 Å². The maximum Gasteiger partial charge on any atom is 0.224 e. The summed E-state index contributed by atoms with van der Waals surface area (Å²) in [5, 5.41) is 24.5. The van der Waals surface area contributed by atoms with Gasteiger partial charge in [-0.3, -0.25) is 9.59 Å². The Morgan fingerprint density at radius 2 is 1.61 bits per heavy atom. The van der Waals surface area contributed by atoms with Gasteiger partial charge in [0.25, 0.3) is 0 Å². The quantitative estimate of drug-likeness (QED) is 0.0651. The number of ether oxygens (including phenoxy) is 2. The topological polar surface area (TPSA) is 149 Å². The summed E-state index contributed by atoms with van der Waals surface area (Å²) in [4.78, 5) is 24.8. The fourth-order valence-corrected chi connectivity index (χ4v) is 6.90. The predicted molar refractivity (Wildman–Crippen MR) is 181 cm³/mol. The number of carbonyl (C=O) groups excluding carboxylic acids is 2. The molecule has 46 heavy (non-hydrogen) atoms. The van der Waals surface area contributed by atoms with Crippen molar-refractivity contribution < 1.29 is 24.2 Å². The molecule has 0 spiro atoms. The zero-order valence-electron chi connectivity index (χ0n) is 25.7. The molecule has 0 unspecified atom stereocenters. The Hall–Kier alpha value is -3.81. The van der Waals surface area contributed by atoms with E-state index in [0.29, 0.717) is 54.9 Å². The standard InChI is InChI=1S/C34H39N5O5S2/c1-22-38-39-34(46-22)45-21-27-19-30(24-13-11-23(20-40)12-14-24)44-33(43-27)25-15-17-26(18-16-25)36-31(41)9-3-2-4-10-32(42)37-29-8-6-5-7-28(29)35/h5-8,11-18,27,30,33,40H,2-4,9-10,19-21,35H2,1H3,(H,36,41)(H,37,42)/t27-,30+,33+/m1/s1. The number of thioether (sulfide) groups is 1. The van der Waals surface area contributed by atoms with Crippen LogP contribution >= 0.6 is 23.1 Å². The van der Waals surface area contributed by atoms with Crippen molar-refractivity contribution in [3.05, 3.63) is 94.5 Å². The molecule has 242 valence electrons. The van der Waals surface area contributed by atoms with Crippen LogP contribution in [0, 0.1) is 6.92 Å². The van der Waals surface area contributed by atoms with Crippen LogP contribution in [0.25, 0.3) is 0 Å². The fraction of sp³-hybridized carbons (Fsp3) is 0.353. The average molecular weight is 662 g/mol. The molecule has 3 atom stereocenters. The molecule has 4 aromatic rings. The molecule has 10 nitrogen and oxygen atoms in total. The number of rotatable bonds is 14. The minimum Gasteiger partial charge on any atom is -0.397 e. The molecule has 0 radical (unpaired) electrons. The molecule has 12 heteroatoms. The Kier molecular flexibility index (Phi) is 12.2. The molecular formula is C34H39N5O5S2. The zero-order chi connectivity index (χ0) is 32.3. The van der Waals surface area contributed by atoms with E-state index in [2.05, 4.69) is 20.8 Å². The van der Waals surface area contributed by atoms with Crippen LogP contribution in [0.5, 0.6) is 0 Å². The zero-order valence-corrected chi connectivity index (χ0v) is 27.3. The highest BCUT2D eigenvalue weighted by atomic mass is 32.2. The molecule has 1 aromatic heterocycles. The number of nitrogens with zero attached hydrogens (tertiary/aromatic N) is 2. The summed E-state index contributed by atoms with van der Waals surface area (Å²) in [7, 11) is 0. The molecule has 1 aliphatic rings. The first-order valence-electron chi connectivity index (χ1n) is 15.3. The van der Waals surface area contributed by atoms with Gasteiger partial charge >= 0.3 is 0 Å². The molecule has 2 heterocycles. The van der Waals surface area contributed by atoms with Gasteiger partial charge in [-0.2, -0.15) is 0 Å². The summed E-state index contributed by atoms with van der Waals surface area (Å²) in [5.41, 5.74) is 10.4. The van der Waals surface area contributed by atoms with Crippen molar-refractivity contribution in [1.82, 2.24) is 10.2 Å². The lowest BCUT2D eigenvalue weighted by Crippen LogP contribution is -2.31. The molecule has 3 aromatic carbocycles. The van der Waals surface area contributed by atoms with Crippen LogP contribution < -0.4 is 16.4 Å². The SMILES string of the molecule is Cc1nnc(SC[C@H]2C[C@@H](c3ccc(CO)cc3)O[C@@H](c3ccc(NC(=O)CCCCCC(=O)Nc4ccccc4N)cc3)O2)s1. The number of amides is 2. The third kappa shape index (κ3) is 9.84. The molecule has 1 aliphatic heterocycles. The van der Waals surface area contributed by atoms with Crippen molar-refractivity contribution in [1.29, 1.82) is 0 Å². The van der Waals surface area contributed by atoms with Gasteiger partial charge in [0.1, 0.15) is 5.01 Å². The lowest BCUT2D eigenvalue weighted by molar-refractivity contribution is -0.245. The van der Waals surface area contributed by atoms with Gasteiger partial charge in [0.15, 0.2) is 10.6 Å². The smallest absolute Gasteiger partial charge is 0.224 e. The Bertz CT molecular complexity index is 1580. The Balaban J connectivity index is 1.10. The third-order valence-corrected chi connectivity index (χ3v) is 9.63. The second-order valence-corrected chi connectivity index (χ2v) is 13.6. The van der Waals surface area contributed by atoms with E-state index in [1.807, 2.05) is 67.6 Å². The van der Waals surface area contributed by atoms with E-state index in [1.165, 1.54) is 0 Å². The van der Waals surface area contributed by atoms with Crippen LogP contribution in [0.2, 0.25) is 0 Å². The summed E-state index contributed by atoms with van der Waals surface area (Å²) in [6, 6.07) is 22.5. The normalized spacial score (nSPS) is 17.8. The Morgan fingerprint density at radius 1 is 0.913 bits per heavy atom. The summed E-state index contributed by atoms with van der Waals surface area (Å²) in [6.07, 6.45) is 2.71. The minimum atomic E-state index is -0.585. The van der Waals surface area contributed by atoms with Gasteiger partial charge in [-0.05, 0) is 55.2 Å². The summed E-state index contributed by atoms with van der Waals surface area (Å²) in [5.74, 6) is 0.547. The van der Waals surface area contributed by atoms with Gasteiger partial charge in [0.05, 0.1) is 30.2 Å². The number of carbonyl (C=O) groups is 2. The van der Waals surface area contributed by atoms with Crippen LogP contribution in [0.4, 0.5) is 17.1 Å². The molecule has 0 bridgehead atoms. The van der Waals surface area contributed by atoms with E-state index >= 15 is 0 Å². The molecule has 1 saturated heterocycles. The van der Waals surface area contributed by atoms with Crippen molar-refractivity contribution in [2.75, 3.05) is 22.1 Å². The second-order valence-electron chi connectivity index (χ2n) is 11.1. The summed E-state index contributed by atoms with van der Waals surface area (Å²) in [6.45, 7) is 1.93. The summed E-state index contributed by atoms with van der Waals surface area (Å²) >= 11 is 3.19. The molecular weight excluding hydrogens is 623 g/mol. The van der Waals surface area contributed by atoms with Gasteiger partial charge in [0.2, 0.25) is 11.8 Å². The first-order chi connectivity index (χ1) is 22.4. The fourth-order valence-electron chi connectivity index (χ4n) is 5.04. The molecule has 1 fully saturated rings. The number of nitrogens with two attached hydrogens (primary N) is 1. The lowest BCUT2D eigenvalue weighted by atomic mass is 10.0. The molecule has 2 amide bonds. The van der Waals surface area contributed by atoms with Crippen molar-refractivity contribution in [2.24, 2.45) is 0 Å². The Morgan fingerprint density at radius 3 is 2.28 bits per heavy atom. The number of aromatic nitrogens is 2. The van der Waals surface area contributed by atoms with Crippen LogP contribution in [-0.2, 0) is 25.7 Å². The van der Waals surface area contributed by atoms with E-state index in [0.717, 1.165) is 32.5 Å². The van der Waals surface area contributed by atoms with E-state index in [4.69, 9.17) is 15.2 Å². The lowest BCUT2D eigenvalue weighted by Gasteiger charge is -2.36. The van der Waals surface area contributed by atoms with Gasteiger partial charge in [0, 0.05) is 36.3 Å². The third-order valence-electron chi connectivity index (χ3n) is 7.52. The van der Waals surface area contributed by atoms with E-state index in [-0.39, 0.29) is 30.6 Å². The summed E-state index contributed by atoms with van der Waals surface area (Å²) < 4.78 is 13.7. The molecule has 5 N–H and O–H groups in total. The number of benzene rings is 3. The van der Waals surface area contributed by atoms with Crippen LogP contribution in [0.3, 0.4) is 0 Å². The van der Waals surface area contributed by atoms with Gasteiger partial charge in [-0.15, -0.1) is 10.2 Å².